The molecule has 8 heteroatoms. The molecule has 5 nitrogen and oxygen atoms in total. The number of hydrogen-bond acceptors (Lipinski definition) is 6. The van der Waals surface area contributed by atoms with Gasteiger partial charge in [0.25, 0.3) is 0 Å². The molecule has 0 saturated carbocycles. The van der Waals surface area contributed by atoms with E-state index in [1.54, 1.807) is 11.3 Å². The molecule has 1 atom stereocenters. The Labute approximate surface area is 135 Å². The molecule has 1 aliphatic heterocycles. The van der Waals surface area contributed by atoms with Gasteiger partial charge in [-0.3, -0.25) is 4.90 Å². The lowest BCUT2D eigenvalue weighted by Crippen LogP contribution is -2.37. The van der Waals surface area contributed by atoms with Crippen molar-refractivity contribution in [1.82, 2.24) is 9.88 Å². The molecule has 21 heavy (non-hydrogen) atoms. The number of likely N-dealkylation sites (tertiary alicyclic amines) is 1. The minimum absolute atomic E-state index is 0.230. The zero-order chi connectivity index (χ0) is 15.6. The van der Waals surface area contributed by atoms with E-state index in [4.69, 9.17) is 11.6 Å². The lowest BCUT2D eigenvalue weighted by Gasteiger charge is -2.31. The first-order valence-electron chi connectivity index (χ1n) is 6.97. The van der Waals surface area contributed by atoms with Gasteiger partial charge in [0.2, 0.25) is 0 Å². The highest BCUT2D eigenvalue weighted by Crippen LogP contribution is 2.30. The number of nitrogens with zero attached hydrogens (tertiary/aromatic N) is 3. The Morgan fingerprint density at radius 2 is 2.19 bits per heavy atom. The molecular weight excluding hydrogens is 330 g/mol. The lowest BCUT2D eigenvalue weighted by molar-refractivity contribution is 0.179. The molecule has 0 amide bonds. The van der Waals surface area contributed by atoms with Crippen molar-refractivity contribution in [3.63, 3.8) is 0 Å². The molecule has 0 N–H and O–H groups in total. The summed E-state index contributed by atoms with van der Waals surface area (Å²) in [5, 5.41) is 1.47. The van der Waals surface area contributed by atoms with Gasteiger partial charge in [-0.1, -0.05) is 22.9 Å². The van der Waals surface area contributed by atoms with Crippen LogP contribution in [0.3, 0.4) is 0 Å². The van der Waals surface area contributed by atoms with Crippen LogP contribution < -0.4 is 4.90 Å². The minimum atomic E-state index is -2.90. The molecule has 0 spiro atoms. The highest BCUT2D eigenvalue weighted by Gasteiger charge is 2.24. The van der Waals surface area contributed by atoms with E-state index in [9.17, 15) is 8.42 Å². The Hall–Kier alpha value is -0.370. The summed E-state index contributed by atoms with van der Waals surface area (Å²) in [7, 11) is 0.988. The number of anilines is 1. The quantitative estimate of drug-likeness (QED) is 0.813. The summed E-state index contributed by atoms with van der Waals surface area (Å²) in [6.45, 7) is 2.56. The van der Waals surface area contributed by atoms with Gasteiger partial charge in [-0.25, -0.2) is 13.4 Å². The standard InChI is InChI=1S/C13H22ClN3O2S2/c1-16(2)13-15-12(14)11(20-13)8-17-6-4-5-10(7-17)9-21(3,18)19/h10H,4-9H2,1-3H3/t10-/m0/s1. The van der Waals surface area contributed by atoms with Gasteiger partial charge in [-0.15, -0.1) is 0 Å². The van der Waals surface area contributed by atoms with Crippen LogP contribution in [0.15, 0.2) is 0 Å². The molecule has 1 saturated heterocycles. The van der Waals surface area contributed by atoms with Crippen molar-refractivity contribution in [3.05, 3.63) is 10.0 Å². The summed E-state index contributed by atoms with van der Waals surface area (Å²) < 4.78 is 22.9. The number of rotatable bonds is 5. The second kappa shape index (κ2) is 6.81. The van der Waals surface area contributed by atoms with E-state index in [1.807, 2.05) is 19.0 Å². The molecule has 0 bridgehead atoms. The van der Waals surface area contributed by atoms with Crippen LogP contribution in [0.25, 0.3) is 0 Å². The van der Waals surface area contributed by atoms with E-state index in [2.05, 4.69) is 9.88 Å². The Balaban J connectivity index is 1.99. The minimum Gasteiger partial charge on any atom is -0.354 e. The van der Waals surface area contributed by atoms with Crippen LogP contribution >= 0.6 is 22.9 Å². The number of halogens is 1. The summed E-state index contributed by atoms with van der Waals surface area (Å²) in [6, 6.07) is 0. The first-order chi connectivity index (χ1) is 9.74. The lowest BCUT2D eigenvalue weighted by atomic mass is 10.0. The molecule has 1 aromatic heterocycles. The Kier molecular flexibility index (Phi) is 5.51. The first-order valence-corrected chi connectivity index (χ1v) is 10.2. The van der Waals surface area contributed by atoms with E-state index in [1.165, 1.54) is 6.26 Å². The van der Waals surface area contributed by atoms with Crippen LogP contribution in [0.4, 0.5) is 5.13 Å². The van der Waals surface area contributed by atoms with Crippen LogP contribution in [0.1, 0.15) is 17.7 Å². The highest BCUT2D eigenvalue weighted by molar-refractivity contribution is 7.90. The second-order valence-corrected chi connectivity index (χ2v) is 9.55. The van der Waals surface area contributed by atoms with Crippen molar-refractivity contribution < 1.29 is 8.42 Å². The third kappa shape index (κ3) is 5.09. The summed E-state index contributed by atoms with van der Waals surface area (Å²) in [4.78, 5) is 9.63. The molecule has 0 aliphatic carbocycles. The average Bonchev–Trinajstić information content (AvgIpc) is 2.69. The maximum Gasteiger partial charge on any atom is 0.186 e. The molecule has 2 heterocycles. The molecule has 120 valence electrons. The van der Waals surface area contributed by atoms with Crippen LogP contribution in [0.2, 0.25) is 5.15 Å². The monoisotopic (exact) mass is 351 g/mol. The predicted octanol–water partition coefficient (Wildman–Crippen LogP) is 2.12. The molecule has 2 rings (SSSR count). The van der Waals surface area contributed by atoms with Crippen LogP contribution in [-0.2, 0) is 16.4 Å². The van der Waals surface area contributed by atoms with E-state index in [0.29, 0.717) is 5.15 Å². The van der Waals surface area contributed by atoms with Crippen molar-refractivity contribution >= 4 is 37.9 Å². The smallest absolute Gasteiger partial charge is 0.186 e. The molecular formula is C13H22ClN3O2S2. The normalized spacial score (nSPS) is 20.7. The van der Waals surface area contributed by atoms with Crippen molar-refractivity contribution in [2.75, 3.05) is 44.1 Å². The zero-order valence-corrected chi connectivity index (χ0v) is 15.1. The van der Waals surface area contributed by atoms with Gasteiger partial charge in [0, 0.05) is 33.4 Å². The summed E-state index contributed by atoms with van der Waals surface area (Å²) >= 11 is 7.80. The Bertz CT molecular complexity index is 586. The molecule has 1 fully saturated rings. The fraction of sp³-hybridized carbons (Fsp3) is 0.769. The number of hydrogen-bond donors (Lipinski definition) is 0. The number of sulfone groups is 1. The average molecular weight is 352 g/mol. The fourth-order valence-corrected chi connectivity index (χ4v) is 5.02. The van der Waals surface area contributed by atoms with Gasteiger partial charge in [-0.2, -0.15) is 0 Å². The number of aromatic nitrogens is 1. The second-order valence-electron chi connectivity index (χ2n) is 5.94. The van der Waals surface area contributed by atoms with Gasteiger partial charge in [0.1, 0.15) is 15.0 Å². The molecule has 0 radical (unpaired) electrons. The SMILES string of the molecule is CN(C)c1nc(Cl)c(CN2CCC[C@H](CS(C)(=O)=O)C2)s1. The van der Waals surface area contributed by atoms with Gasteiger partial charge in [-0.05, 0) is 25.3 Å². The van der Waals surface area contributed by atoms with Crippen LogP contribution in [-0.4, -0.2) is 57.5 Å². The fourth-order valence-electron chi connectivity index (χ4n) is 2.67. The Morgan fingerprint density at radius 1 is 1.48 bits per heavy atom. The zero-order valence-electron chi connectivity index (χ0n) is 12.7. The van der Waals surface area contributed by atoms with E-state index in [0.717, 1.165) is 42.5 Å². The first kappa shape index (κ1) is 17.0. The molecule has 1 aromatic rings. The Morgan fingerprint density at radius 3 is 2.76 bits per heavy atom. The predicted molar refractivity (Wildman–Crippen MR) is 89.2 cm³/mol. The topological polar surface area (TPSA) is 53.5 Å². The van der Waals surface area contributed by atoms with Crippen molar-refractivity contribution in [2.45, 2.75) is 19.4 Å². The maximum atomic E-state index is 11.4. The third-order valence-corrected chi connectivity index (χ3v) is 6.24. The summed E-state index contributed by atoms with van der Waals surface area (Å²) in [5.74, 6) is 0.511. The van der Waals surface area contributed by atoms with Gasteiger partial charge in [0.15, 0.2) is 5.13 Å². The summed E-state index contributed by atoms with van der Waals surface area (Å²) in [6.07, 6.45) is 3.34. The van der Waals surface area contributed by atoms with Crippen LogP contribution in [0, 0.1) is 5.92 Å². The van der Waals surface area contributed by atoms with E-state index >= 15 is 0 Å². The van der Waals surface area contributed by atoms with Crippen LogP contribution in [0.5, 0.6) is 0 Å². The largest absolute Gasteiger partial charge is 0.354 e. The van der Waals surface area contributed by atoms with Gasteiger partial charge >= 0.3 is 0 Å². The van der Waals surface area contributed by atoms with Gasteiger partial charge < -0.3 is 4.90 Å². The van der Waals surface area contributed by atoms with Crippen molar-refractivity contribution in [2.24, 2.45) is 5.92 Å². The summed E-state index contributed by atoms with van der Waals surface area (Å²) in [5.41, 5.74) is 0. The molecule has 1 aliphatic rings. The molecule has 0 unspecified atom stereocenters. The van der Waals surface area contributed by atoms with E-state index < -0.39 is 9.84 Å². The number of thiazole rings is 1. The van der Waals surface area contributed by atoms with Gasteiger partial charge in [0.05, 0.1) is 10.6 Å². The number of piperidine rings is 1. The van der Waals surface area contributed by atoms with Crippen molar-refractivity contribution in [1.29, 1.82) is 0 Å². The van der Waals surface area contributed by atoms with E-state index in [-0.39, 0.29) is 11.7 Å². The third-order valence-electron chi connectivity index (χ3n) is 3.53. The molecule has 0 aromatic carbocycles. The maximum absolute atomic E-state index is 11.4. The van der Waals surface area contributed by atoms with Crippen molar-refractivity contribution in [3.8, 4) is 0 Å². The highest BCUT2D eigenvalue weighted by atomic mass is 35.5.